The van der Waals surface area contributed by atoms with Crippen LogP contribution in [0.2, 0.25) is 0 Å². The summed E-state index contributed by atoms with van der Waals surface area (Å²) >= 11 is 0.855. The first-order valence-electron chi connectivity index (χ1n) is 7.83. The summed E-state index contributed by atoms with van der Waals surface area (Å²) in [6, 6.07) is 9.34. The van der Waals surface area contributed by atoms with Crippen molar-refractivity contribution in [2.75, 3.05) is 11.9 Å². The Balaban J connectivity index is 2.19. The number of amides is 1. The molecule has 0 radical (unpaired) electrons. The van der Waals surface area contributed by atoms with Crippen LogP contribution in [-0.4, -0.2) is 35.4 Å². The molecular formula is C16H22N4O3S2. The Labute approximate surface area is 152 Å². The highest BCUT2D eigenvalue weighted by atomic mass is 32.2. The molecule has 0 saturated carbocycles. The van der Waals surface area contributed by atoms with Crippen LogP contribution in [0, 0.1) is 5.41 Å². The Morgan fingerprint density at radius 3 is 2.40 bits per heavy atom. The first kappa shape index (κ1) is 19.5. The lowest BCUT2D eigenvalue weighted by atomic mass is 9.96. The number of aromatic nitrogens is 2. The summed E-state index contributed by atoms with van der Waals surface area (Å²) in [4.78, 5) is 12.0. The van der Waals surface area contributed by atoms with Crippen molar-refractivity contribution in [3.63, 3.8) is 0 Å². The number of rotatable bonds is 6. The molecular weight excluding hydrogens is 360 g/mol. The summed E-state index contributed by atoms with van der Waals surface area (Å²) in [6.07, 6.45) is 0. The van der Waals surface area contributed by atoms with E-state index in [1.165, 1.54) is 4.31 Å². The fourth-order valence-electron chi connectivity index (χ4n) is 1.91. The van der Waals surface area contributed by atoms with E-state index in [9.17, 15) is 13.2 Å². The zero-order chi connectivity index (χ0) is 18.7. The number of sulfonamides is 1. The minimum Gasteiger partial charge on any atom is -0.300 e. The van der Waals surface area contributed by atoms with Crippen molar-refractivity contribution in [1.82, 2.24) is 14.5 Å². The van der Waals surface area contributed by atoms with Gasteiger partial charge in [0.05, 0.1) is 0 Å². The molecule has 2 aromatic rings. The van der Waals surface area contributed by atoms with E-state index in [0.29, 0.717) is 6.54 Å². The molecule has 0 atom stereocenters. The van der Waals surface area contributed by atoms with Crippen LogP contribution >= 0.6 is 11.3 Å². The van der Waals surface area contributed by atoms with Crippen molar-refractivity contribution in [3.8, 4) is 0 Å². The van der Waals surface area contributed by atoms with Crippen LogP contribution in [0.4, 0.5) is 5.13 Å². The highest BCUT2D eigenvalue weighted by Crippen LogP contribution is 2.26. The molecule has 1 aromatic heterocycles. The number of carbonyl (C=O) groups excluding carboxylic acids is 1. The fraction of sp³-hybridized carbons (Fsp3) is 0.438. The van der Waals surface area contributed by atoms with E-state index in [-0.39, 0.29) is 21.9 Å². The van der Waals surface area contributed by atoms with E-state index in [4.69, 9.17) is 0 Å². The van der Waals surface area contributed by atoms with Crippen molar-refractivity contribution in [2.24, 2.45) is 5.41 Å². The minimum absolute atomic E-state index is 0.130. The van der Waals surface area contributed by atoms with Gasteiger partial charge in [-0.15, -0.1) is 10.2 Å². The zero-order valence-electron chi connectivity index (χ0n) is 14.7. The van der Waals surface area contributed by atoms with Crippen LogP contribution in [0.15, 0.2) is 34.7 Å². The molecule has 2 rings (SSSR count). The Hall–Kier alpha value is -1.84. The maximum Gasteiger partial charge on any atom is 0.272 e. The number of carbonyl (C=O) groups is 1. The van der Waals surface area contributed by atoms with Gasteiger partial charge in [0.25, 0.3) is 10.0 Å². The third-order valence-electron chi connectivity index (χ3n) is 3.42. The third kappa shape index (κ3) is 4.83. The average molecular weight is 383 g/mol. The van der Waals surface area contributed by atoms with E-state index >= 15 is 0 Å². The summed E-state index contributed by atoms with van der Waals surface area (Å²) in [5.74, 6) is -0.246. The van der Waals surface area contributed by atoms with Crippen LogP contribution in [0.5, 0.6) is 0 Å². The molecule has 1 aromatic carbocycles. The van der Waals surface area contributed by atoms with Crippen LogP contribution < -0.4 is 5.32 Å². The molecule has 0 aliphatic heterocycles. The van der Waals surface area contributed by atoms with E-state index in [1.807, 2.05) is 30.3 Å². The Morgan fingerprint density at radius 2 is 1.84 bits per heavy atom. The van der Waals surface area contributed by atoms with Gasteiger partial charge in [0.2, 0.25) is 15.4 Å². The molecule has 0 saturated heterocycles. The number of nitrogens with one attached hydrogen (secondary N) is 1. The molecule has 25 heavy (non-hydrogen) atoms. The van der Waals surface area contributed by atoms with Gasteiger partial charge in [-0.25, -0.2) is 8.42 Å². The summed E-state index contributed by atoms with van der Waals surface area (Å²) < 4.78 is 26.8. The standard InChI is InChI=1S/C16H22N4O3S2/c1-5-20(11-12-9-7-6-8-10-12)25(22,23)15-19-18-14(24-15)17-13(21)16(2,3)4/h6-10H,5,11H2,1-4H3,(H,17,18,21). The first-order valence-corrected chi connectivity index (χ1v) is 10.1. The lowest BCUT2D eigenvalue weighted by molar-refractivity contribution is -0.123. The van der Waals surface area contributed by atoms with Crippen molar-refractivity contribution in [1.29, 1.82) is 0 Å². The van der Waals surface area contributed by atoms with Gasteiger partial charge in [0, 0.05) is 18.5 Å². The SMILES string of the molecule is CCN(Cc1ccccc1)S(=O)(=O)c1nnc(NC(=O)C(C)(C)C)s1. The molecule has 0 bridgehead atoms. The number of hydrogen-bond acceptors (Lipinski definition) is 6. The van der Waals surface area contributed by atoms with Gasteiger partial charge in [-0.1, -0.05) is 69.4 Å². The van der Waals surface area contributed by atoms with Gasteiger partial charge >= 0.3 is 0 Å². The van der Waals surface area contributed by atoms with Crippen molar-refractivity contribution in [3.05, 3.63) is 35.9 Å². The molecule has 136 valence electrons. The van der Waals surface area contributed by atoms with Crippen LogP contribution in [0.25, 0.3) is 0 Å². The number of hydrogen-bond donors (Lipinski definition) is 1. The summed E-state index contributed by atoms with van der Waals surface area (Å²) in [5, 5.41) is 10.3. The molecule has 1 N–H and O–H groups in total. The molecule has 0 spiro atoms. The number of nitrogens with zero attached hydrogens (tertiary/aromatic N) is 3. The molecule has 0 fully saturated rings. The number of anilines is 1. The molecule has 9 heteroatoms. The number of benzene rings is 1. The quantitative estimate of drug-likeness (QED) is 0.776. The summed E-state index contributed by atoms with van der Waals surface area (Å²) in [5.41, 5.74) is 0.284. The van der Waals surface area contributed by atoms with Crippen molar-refractivity contribution in [2.45, 2.75) is 38.6 Å². The lowest BCUT2D eigenvalue weighted by Crippen LogP contribution is -2.30. The van der Waals surface area contributed by atoms with Crippen molar-refractivity contribution < 1.29 is 13.2 Å². The van der Waals surface area contributed by atoms with Gasteiger partial charge in [0.15, 0.2) is 0 Å². The fourth-order valence-corrected chi connectivity index (χ4v) is 4.38. The minimum atomic E-state index is -3.77. The second kappa shape index (κ2) is 7.59. The lowest BCUT2D eigenvalue weighted by Gasteiger charge is -2.18. The Kier molecular flexibility index (Phi) is 5.91. The third-order valence-corrected chi connectivity index (χ3v) is 6.53. The topological polar surface area (TPSA) is 92.3 Å². The predicted molar refractivity (Wildman–Crippen MR) is 97.7 cm³/mol. The normalized spacial score (nSPS) is 12.4. The maximum atomic E-state index is 12.8. The molecule has 1 amide bonds. The van der Waals surface area contributed by atoms with Crippen LogP contribution in [0.3, 0.4) is 0 Å². The monoisotopic (exact) mass is 382 g/mol. The van der Waals surface area contributed by atoms with Gasteiger partial charge in [0.1, 0.15) is 0 Å². The Bertz CT molecular complexity index is 827. The first-order chi connectivity index (χ1) is 11.6. The maximum absolute atomic E-state index is 12.8. The van der Waals surface area contributed by atoms with Gasteiger partial charge in [-0.05, 0) is 5.56 Å². The van der Waals surface area contributed by atoms with Gasteiger partial charge in [-0.3, -0.25) is 4.79 Å². The van der Waals surface area contributed by atoms with E-state index in [0.717, 1.165) is 16.9 Å². The van der Waals surface area contributed by atoms with E-state index < -0.39 is 15.4 Å². The second-order valence-electron chi connectivity index (χ2n) is 6.49. The smallest absolute Gasteiger partial charge is 0.272 e. The Morgan fingerprint density at radius 1 is 1.20 bits per heavy atom. The molecule has 0 aliphatic carbocycles. The molecule has 7 nitrogen and oxygen atoms in total. The summed E-state index contributed by atoms with van der Waals surface area (Å²) in [7, 11) is -3.77. The van der Waals surface area contributed by atoms with Gasteiger partial charge in [-0.2, -0.15) is 4.31 Å². The molecule has 1 heterocycles. The molecule has 0 unspecified atom stereocenters. The van der Waals surface area contributed by atoms with E-state index in [1.54, 1.807) is 27.7 Å². The van der Waals surface area contributed by atoms with Crippen LogP contribution in [0.1, 0.15) is 33.3 Å². The summed E-state index contributed by atoms with van der Waals surface area (Å²) in [6.45, 7) is 7.62. The zero-order valence-corrected chi connectivity index (χ0v) is 16.3. The predicted octanol–water partition coefficient (Wildman–Crippen LogP) is 2.73. The van der Waals surface area contributed by atoms with E-state index in [2.05, 4.69) is 15.5 Å². The highest BCUT2D eigenvalue weighted by molar-refractivity contribution is 7.91. The largest absolute Gasteiger partial charge is 0.300 e. The average Bonchev–Trinajstić information content (AvgIpc) is 3.02. The van der Waals surface area contributed by atoms with Crippen molar-refractivity contribution >= 4 is 32.4 Å². The second-order valence-corrected chi connectivity index (χ2v) is 9.58. The van der Waals surface area contributed by atoms with Crippen LogP contribution in [-0.2, 0) is 21.4 Å². The molecule has 0 aliphatic rings. The van der Waals surface area contributed by atoms with Gasteiger partial charge < -0.3 is 5.32 Å². The highest BCUT2D eigenvalue weighted by Gasteiger charge is 2.29.